The smallest absolute Gasteiger partial charge is 0.273 e. The minimum Gasteiger partial charge on any atom is -0.363 e. The van der Waals surface area contributed by atoms with Crippen LogP contribution in [0.3, 0.4) is 0 Å². The van der Waals surface area contributed by atoms with Gasteiger partial charge in [0.05, 0.1) is 22.9 Å². The largest absolute Gasteiger partial charge is 0.363 e. The van der Waals surface area contributed by atoms with Crippen molar-refractivity contribution in [1.29, 1.82) is 0 Å². The van der Waals surface area contributed by atoms with E-state index < -0.39 is 39.1 Å². The minimum absolute atomic E-state index is 0.0463. The van der Waals surface area contributed by atoms with Crippen LogP contribution in [0, 0.1) is 11.6 Å². The standard InChI is InChI=1S/C22H24ClF2N3O3S/c1-14(9-11-32(2,30)31)27-22(29)21-18(25)12-15(13-26-21)28-10-4-3-8-19(28)16-6-5-7-17(24)20(16)23/h5-7,9,11-14,19H,3-4,8,10H2,1-2H3,(H,27,29)/b11-9+/t14-,19+/m1/s1. The molecule has 0 saturated carbocycles. The number of carbonyl (C=O) groups excluding carboxylic acids is 1. The van der Waals surface area contributed by atoms with Gasteiger partial charge in [0.2, 0.25) is 0 Å². The first-order valence-electron chi connectivity index (χ1n) is 10.1. The van der Waals surface area contributed by atoms with E-state index in [-0.39, 0.29) is 11.1 Å². The van der Waals surface area contributed by atoms with E-state index in [0.717, 1.165) is 30.9 Å². The molecule has 32 heavy (non-hydrogen) atoms. The highest BCUT2D eigenvalue weighted by Gasteiger charge is 2.28. The molecule has 0 aliphatic carbocycles. The van der Waals surface area contributed by atoms with Crippen LogP contribution < -0.4 is 10.2 Å². The lowest BCUT2D eigenvalue weighted by Crippen LogP contribution is -2.35. The van der Waals surface area contributed by atoms with Crippen molar-refractivity contribution in [3.8, 4) is 0 Å². The van der Waals surface area contributed by atoms with E-state index in [1.54, 1.807) is 19.1 Å². The Hall–Kier alpha value is -2.52. The number of benzene rings is 1. The molecule has 1 aliphatic rings. The minimum atomic E-state index is -3.34. The quantitative estimate of drug-likeness (QED) is 0.658. The number of pyridine rings is 1. The summed E-state index contributed by atoms with van der Waals surface area (Å²) in [6.07, 6.45) is 6.24. The maximum atomic E-state index is 14.8. The van der Waals surface area contributed by atoms with E-state index in [9.17, 15) is 22.0 Å². The lowest BCUT2D eigenvalue weighted by Gasteiger charge is -2.38. The summed E-state index contributed by atoms with van der Waals surface area (Å²) in [5.74, 6) is -2.08. The van der Waals surface area contributed by atoms with Crippen LogP contribution in [0.5, 0.6) is 0 Å². The van der Waals surface area contributed by atoms with Gasteiger partial charge in [-0.05, 0) is 37.8 Å². The molecule has 1 N–H and O–H groups in total. The van der Waals surface area contributed by atoms with Crippen LogP contribution in [0.2, 0.25) is 5.02 Å². The van der Waals surface area contributed by atoms with Crippen molar-refractivity contribution in [3.05, 3.63) is 69.9 Å². The maximum Gasteiger partial charge on any atom is 0.273 e. The summed E-state index contributed by atoms with van der Waals surface area (Å²) in [6, 6.07) is 4.98. The van der Waals surface area contributed by atoms with Crippen LogP contribution in [0.15, 0.2) is 41.9 Å². The van der Waals surface area contributed by atoms with Crippen molar-refractivity contribution >= 4 is 33.0 Å². The summed E-state index contributed by atoms with van der Waals surface area (Å²) in [7, 11) is -3.34. The molecule has 10 heteroatoms. The number of anilines is 1. The van der Waals surface area contributed by atoms with Gasteiger partial charge >= 0.3 is 0 Å². The van der Waals surface area contributed by atoms with Crippen molar-refractivity contribution in [1.82, 2.24) is 10.3 Å². The fourth-order valence-corrected chi connectivity index (χ4v) is 4.45. The van der Waals surface area contributed by atoms with Crippen molar-refractivity contribution in [3.63, 3.8) is 0 Å². The molecular formula is C22H24ClF2N3O3S. The number of aromatic nitrogens is 1. The molecular weight excluding hydrogens is 460 g/mol. The first-order valence-corrected chi connectivity index (χ1v) is 12.5. The predicted octanol–water partition coefficient (Wildman–Crippen LogP) is 4.42. The Morgan fingerprint density at radius 3 is 2.75 bits per heavy atom. The molecule has 0 spiro atoms. The molecule has 2 aromatic rings. The number of sulfone groups is 1. The molecule has 1 aromatic heterocycles. The van der Waals surface area contributed by atoms with Gasteiger partial charge in [-0.25, -0.2) is 22.2 Å². The highest BCUT2D eigenvalue weighted by Crippen LogP contribution is 2.38. The average Bonchev–Trinajstić information content (AvgIpc) is 2.73. The van der Waals surface area contributed by atoms with Gasteiger partial charge in [-0.15, -0.1) is 0 Å². The Morgan fingerprint density at radius 2 is 2.06 bits per heavy atom. The van der Waals surface area contributed by atoms with Crippen molar-refractivity contribution in [2.75, 3.05) is 17.7 Å². The first kappa shape index (κ1) is 24.1. The van der Waals surface area contributed by atoms with E-state index in [2.05, 4.69) is 10.3 Å². The third kappa shape index (κ3) is 5.83. The summed E-state index contributed by atoms with van der Waals surface area (Å²) >= 11 is 6.19. The zero-order valence-electron chi connectivity index (χ0n) is 17.7. The highest BCUT2D eigenvalue weighted by atomic mass is 35.5. The monoisotopic (exact) mass is 483 g/mol. The van der Waals surface area contributed by atoms with E-state index in [0.29, 0.717) is 17.8 Å². The van der Waals surface area contributed by atoms with Crippen molar-refractivity contribution in [2.24, 2.45) is 0 Å². The first-order chi connectivity index (χ1) is 15.1. The van der Waals surface area contributed by atoms with E-state index >= 15 is 0 Å². The number of nitrogens with one attached hydrogen (secondary N) is 1. The van der Waals surface area contributed by atoms with Gasteiger partial charge in [0.1, 0.15) is 5.82 Å². The molecule has 2 heterocycles. The SMILES string of the molecule is C[C@H](/C=C/S(C)(=O)=O)NC(=O)c1ncc(N2CCCC[C@H]2c2cccc(F)c2Cl)cc1F. The molecule has 1 aliphatic heterocycles. The van der Waals surface area contributed by atoms with Gasteiger partial charge in [0, 0.05) is 30.3 Å². The molecule has 2 atom stereocenters. The van der Waals surface area contributed by atoms with Gasteiger partial charge in [-0.2, -0.15) is 0 Å². The zero-order valence-corrected chi connectivity index (χ0v) is 19.3. The molecule has 3 rings (SSSR count). The number of halogens is 3. The second-order valence-corrected chi connectivity index (χ2v) is 10.1. The molecule has 172 valence electrons. The number of rotatable bonds is 6. The van der Waals surface area contributed by atoms with Gasteiger partial charge in [0.15, 0.2) is 21.3 Å². The fraction of sp³-hybridized carbons (Fsp3) is 0.364. The number of amides is 1. The molecule has 1 amide bonds. The van der Waals surface area contributed by atoms with Gasteiger partial charge in [-0.1, -0.05) is 29.8 Å². The number of hydrogen-bond donors (Lipinski definition) is 1. The van der Waals surface area contributed by atoms with Gasteiger partial charge in [-0.3, -0.25) is 4.79 Å². The second-order valence-electron chi connectivity index (χ2n) is 7.79. The summed E-state index contributed by atoms with van der Waals surface area (Å²) in [6.45, 7) is 2.17. The fourth-order valence-electron chi connectivity index (χ4n) is 3.68. The maximum absolute atomic E-state index is 14.8. The third-order valence-corrected chi connectivity index (χ3v) is 6.24. The molecule has 0 unspecified atom stereocenters. The lowest BCUT2D eigenvalue weighted by atomic mass is 9.94. The van der Waals surface area contributed by atoms with Gasteiger partial charge in [0.25, 0.3) is 5.91 Å². The van der Waals surface area contributed by atoms with Gasteiger partial charge < -0.3 is 10.2 Å². The zero-order chi connectivity index (χ0) is 23.5. The average molecular weight is 484 g/mol. The number of piperidine rings is 1. The van der Waals surface area contributed by atoms with E-state index in [1.165, 1.54) is 24.4 Å². The van der Waals surface area contributed by atoms with Crippen LogP contribution in [0.25, 0.3) is 0 Å². The summed E-state index contributed by atoms with van der Waals surface area (Å²) < 4.78 is 51.2. The van der Waals surface area contributed by atoms with Crippen molar-refractivity contribution in [2.45, 2.75) is 38.3 Å². The van der Waals surface area contributed by atoms with Crippen molar-refractivity contribution < 1.29 is 22.0 Å². The van der Waals surface area contributed by atoms with Crippen LogP contribution >= 0.6 is 11.6 Å². The molecule has 1 fully saturated rings. The Kier molecular flexibility index (Phi) is 7.51. The Balaban J connectivity index is 1.82. The number of hydrogen-bond acceptors (Lipinski definition) is 5. The summed E-state index contributed by atoms with van der Waals surface area (Å²) in [4.78, 5) is 18.3. The van der Waals surface area contributed by atoms with Crippen LogP contribution in [-0.2, 0) is 9.84 Å². The predicted molar refractivity (Wildman–Crippen MR) is 120 cm³/mol. The molecule has 1 aromatic carbocycles. The highest BCUT2D eigenvalue weighted by molar-refractivity contribution is 7.93. The van der Waals surface area contributed by atoms with Crippen LogP contribution in [0.1, 0.15) is 48.3 Å². The molecule has 1 saturated heterocycles. The third-order valence-electron chi connectivity index (χ3n) is 5.19. The number of carbonyl (C=O) groups is 1. The summed E-state index contributed by atoms with van der Waals surface area (Å²) in [5, 5.41) is 3.51. The Labute approximate surface area is 191 Å². The molecule has 0 radical (unpaired) electrons. The van der Waals surface area contributed by atoms with E-state index in [1.807, 2.05) is 4.90 Å². The summed E-state index contributed by atoms with van der Waals surface area (Å²) in [5.41, 5.74) is 0.694. The molecule has 6 nitrogen and oxygen atoms in total. The topological polar surface area (TPSA) is 79.4 Å². The molecule has 0 bridgehead atoms. The number of nitrogens with zero attached hydrogens (tertiary/aromatic N) is 2. The second kappa shape index (κ2) is 9.95. The Bertz CT molecular complexity index is 1140. The van der Waals surface area contributed by atoms with E-state index in [4.69, 9.17) is 11.6 Å². The Morgan fingerprint density at radius 1 is 1.31 bits per heavy atom. The van der Waals surface area contributed by atoms with Crippen LogP contribution in [0.4, 0.5) is 14.5 Å². The van der Waals surface area contributed by atoms with Crippen LogP contribution in [-0.4, -0.2) is 38.2 Å². The lowest BCUT2D eigenvalue weighted by molar-refractivity contribution is 0.0937. The normalized spacial score (nSPS) is 18.0.